The molecule has 0 radical (unpaired) electrons. The van der Waals surface area contributed by atoms with Crippen LogP contribution in [0.3, 0.4) is 0 Å². The summed E-state index contributed by atoms with van der Waals surface area (Å²) in [6.07, 6.45) is 0. The topological polar surface area (TPSA) is 104 Å². The van der Waals surface area contributed by atoms with Crippen LogP contribution in [0.1, 0.15) is 0 Å². The predicted molar refractivity (Wildman–Crippen MR) is 16.7 cm³/mol. The first-order chi connectivity index (χ1) is 2.00. The van der Waals surface area contributed by atoms with E-state index in [-0.39, 0.29) is 0 Å². The molecule has 0 saturated heterocycles. The molecule has 0 rings (SSSR count). The Morgan fingerprint density at radius 3 is 0.800 bits per heavy atom. The fourth-order valence-corrected chi connectivity index (χ4v) is 0. The molecule has 0 unspecified atom stereocenters. The van der Waals surface area contributed by atoms with E-state index in [9.17, 15) is 0 Å². The minimum absolute atomic E-state index is 3.34. The molecule has 0 saturated carbocycles. The van der Waals surface area contributed by atoms with Gasteiger partial charge in [-0.05, 0) is 0 Å². The standard InChI is InChI=1S/Cd.4H2N/h;4*1H2/q+4;4*-1. The van der Waals surface area contributed by atoms with Crippen LogP contribution in [0, 0.1) is 0 Å². The minimum atomic E-state index is -3.34. The molecule has 4 nitrogen and oxygen atoms in total. The van der Waals surface area contributed by atoms with E-state index >= 15 is 0 Å². The summed E-state index contributed by atoms with van der Waals surface area (Å²) in [5.41, 5.74) is 0. The van der Waals surface area contributed by atoms with E-state index in [4.69, 9.17) is 14.2 Å². The summed E-state index contributed by atoms with van der Waals surface area (Å²) >= 11 is -3.34. The second-order valence-electron chi connectivity index (χ2n) is 1.41. The summed E-state index contributed by atoms with van der Waals surface area (Å²) in [7, 11) is 0. The third kappa shape index (κ3) is 62.6. The Kier molecular flexibility index (Phi) is 1.70. The SMILES string of the molecule is [NH2][Cd]([NH2])([NH2])[NH2]. The molecule has 0 atom stereocenters. The van der Waals surface area contributed by atoms with Crippen LogP contribution in [-0.2, 0) is 22.4 Å². The van der Waals surface area contributed by atoms with Crippen LogP contribution in [0.15, 0.2) is 0 Å². The van der Waals surface area contributed by atoms with Crippen molar-refractivity contribution in [3.63, 3.8) is 0 Å². The van der Waals surface area contributed by atoms with Gasteiger partial charge in [-0.1, -0.05) is 0 Å². The molecule has 0 aromatic rings. The van der Waals surface area contributed by atoms with Gasteiger partial charge in [0, 0.05) is 0 Å². The average molecular weight is 177 g/mol. The molecule has 0 aliphatic carbocycles. The van der Waals surface area contributed by atoms with Crippen molar-refractivity contribution in [3.05, 3.63) is 0 Å². The van der Waals surface area contributed by atoms with Crippen LogP contribution in [0.5, 0.6) is 0 Å². The molecule has 0 bridgehead atoms. The number of hydrogen-bond acceptors (Lipinski definition) is 4. The van der Waals surface area contributed by atoms with Gasteiger partial charge in [0.15, 0.2) is 0 Å². The van der Waals surface area contributed by atoms with E-state index in [0.29, 0.717) is 0 Å². The van der Waals surface area contributed by atoms with Gasteiger partial charge in [-0.3, -0.25) is 0 Å². The van der Waals surface area contributed by atoms with Crippen molar-refractivity contribution >= 4 is 0 Å². The van der Waals surface area contributed by atoms with Crippen molar-refractivity contribution in [2.24, 2.45) is 14.2 Å². The summed E-state index contributed by atoms with van der Waals surface area (Å²) in [5.74, 6) is 0. The van der Waals surface area contributed by atoms with E-state index in [1.807, 2.05) is 0 Å². The van der Waals surface area contributed by atoms with Crippen LogP contribution in [-0.4, -0.2) is 0 Å². The van der Waals surface area contributed by atoms with Gasteiger partial charge in [0.05, 0.1) is 0 Å². The van der Waals surface area contributed by atoms with Gasteiger partial charge in [0.25, 0.3) is 0 Å². The molecule has 5 heteroatoms. The number of nitrogens with two attached hydrogens (primary N) is 4. The van der Waals surface area contributed by atoms with Crippen molar-refractivity contribution in [2.75, 3.05) is 0 Å². The van der Waals surface area contributed by atoms with Crippen molar-refractivity contribution in [3.8, 4) is 0 Å². The quantitative estimate of drug-likeness (QED) is 0.310. The second kappa shape index (κ2) is 1.47. The first kappa shape index (κ1) is 5.76. The van der Waals surface area contributed by atoms with Gasteiger partial charge >= 0.3 is 36.5 Å². The van der Waals surface area contributed by atoms with E-state index in [2.05, 4.69) is 0 Å². The monoisotopic (exact) mass is 178 g/mol. The fraction of sp³-hybridized carbons (Fsp3) is 0. The van der Waals surface area contributed by atoms with Crippen LogP contribution in [0.25, 0.3) is 0 Å². The third-order valence-electron chi connectivity index (χ3n) is 0. The zero-order valence-electron chi connectivity index (χ0n) is 3.02. The summed E-state index contributed by atoms with van der Waals surface area (Å²) in [4.78, 5) is 0. The Labute approximate surface area is 36.8 Å². The summed E-state index contributed by atoms with van der Waals surface area (Å²) in [6.45, 7) is 0. The van der Waals surface area contributed by atoms with Crippen molar-refractivity contribution in [1.29, 1.82) is 0 Å². The molecule has 0 amide bonds. The molecule has 30 valence electrons. The first-order valence-corrected chi connectivity index (χ1v) is 11.0. The van der Waals surface area contributed by atoms with Crippen LogP contribution >= 0.6 is 0 Å². The van der Waals surface area contributed by atoms with Gasteiger partial charge in [0.2, 0.25) is 0 Å². The van der Waals surface area contributed by atoms with Gasteiger partial charge in [-0.2, -0.15) is 0 Å². The Bertz CT molecular complexity index is 19.1. The first-order valence-electron chi connectivity index (χ1n) is 1.63. The number of rotatable bonds is 0. The Morgan fingerprint density at radius 2 is 0.800 bits per heavy atom. The van der Waals surface area contributed by atoms with Crippen molar-refractivity contribution in [1.82, 2.24) is 0 Å². The molecule has 0 aliphatic rings. The van der Waals surface area contributed by atoms with Crippen molar-refractivity contribution in [2.45, 2.75) is 0 Å². The summed E-state index contributed by atoms with van der Waals surface area (Å²) < 4.78 is 19.7. The molecule has 0 heterocycles. The van der Waals surface area contributed by atoms with Gasteiger partial charge in [-0.15, -0.1) is 0 Å². The summed E-state index contributed by atoms with van der Waals surface area (Å²) in [6, 6.07) is 0. The normalized spacial score (nSPS) is 8.80. The molecule has 0 aromatic heterocycles. The summed E-state index contributed by atoms with van der Waals surface area (Å²) in [5, 5.41) is 0. The maximum atomic E-state index is 4.92. The van der Waals surface area contributed by atoms with E-state index in [0.717, 1.165) is 0 Å². The predicted octanol–water partition coefficient (Wildman–Crippen LogP) is -2.36. The number of hydrogen-bond donors (Lipinski definition) is 4. The fourth-order valence-electron chi connectivity index (χ4n) is 0. The van der Waals surface area contributed by atoms with Crippen molar-refractivity contribution < 1.29 is 22.4 Å². The Balaban J connectivity index is 3.02. The average Bonchev–Trinajstić information content (AvgIpc) is 0.722. The van der Waals surface area contributed by atoms with Crippen LogP contribution in [0.4, 0.5) is 0 Å². The van der Waals surface area contributed by atoms with Crippen LogP contribution < -0.4 is 14.2 Å². The molecule has 5 heavy (non-hydrogen) atoms. The Hall–Kier alpha value is 0.762. The molecule has 0 aliphatic heterocycles. The molecule has 0 spiro atoms. The molecular formula is H8CdN4. The molecule has 0 fully saturated rings. The molecule has 8 N–H and O–H groups in total. The van der Waals surface area contributed by atoms with Gasteiger partial charge in [0.1, 0.15) is 0 Å². The second-order valence-corrected chi connectivity index (χ2v) is 9.49. The Morgan fingerprint density at radius 1 is 0.800 bits per heavy atom. The van der Waals surface area contributed by atoms with E-state index in [1.54, 1.807) is 0 Å². The van der Waals surface area contributed by atoms with E-state index < -0.39 is 22.4 Å². The van der Waals surface area contributed by atoms with Crippen LogP contribution in [0.2, 0.25) is 0 Å². The zero-order chi connectivity index (χ0) is 4.50. The molecular weight excluding hydrogens is 168 g/mol. The van der Waals surface area contributed by atoms with E-state index in [1.165, 1.54) is 0 Å². The third-order valence-corrected chi connectivity index (χ3v) is 0. The van der Waals surface area contributed by atoms with Gasteiger partial charge in [-0.25, -0.2) is 0 Å². The zero-order valence-corrected chi connectivity index (χ0v) is 7.05. The maximum absolute atomic E-state index is 4.92. The van der Waals surface area contributed by atoms with Gasteiger partial charge < -0.3 is 0 Å². The molecule has 0 aromatic carbocycles.